The summed E-state index contributed by atoms with van der Waals surface area (Å²) in [5, 5.41) is 3.99. The molecule has 2 aromatic carbocycles. The quantitative estimate of drug-likeness (QED) is 0.257. The lowest BCUT2D eigenvalue weighted by Gasteiger charge is -2.20. The second-order valence-corrected chi connectivity index (χ2v) is 10.2. The van der Waals surface area contributed by atoms with E-state index in [2.05, 4.69) is 37.8 Å². The van der Waals surface area contributed by atoms with Crippen molar-refractivity contribution >= 4 is 44.7 Å². The van der Waals surface area contributed by atoms with Gasteiger partial charge in [0.15, 0.2) is 11.5 Å². The average molecular weight is 573 g/mol. The third-order valence-electron chi connectivity index (χ3n) is 4.49. The molecular weight excluding hydrogens is 545 g/mol. The number of hydrogen-bond acceptors (Lipinski definition) is 6. The van der Waals surface area contributed by atoms with Gasteiger partial charge >= 0.3 is 0 Å². The number of carbonyl (C=O) groups is 1. The minimum Gasteiger partial charge on any atom is -0.493 e. The third kappa shape index (κ3) is 6.91. The standard InChI is InChI=1S/C22H28IN3O5S/c1-6-31-21-18(23)11-16(12-19(21)30-5)13-24-25-22(27)20(14(2)3)26-32(28,29)17-9-7-15(4)8-10-17/h7-14,20,26H,6H2,1-5H3,(H,25,27)/b24-13-/t20-/m0/s1. The van der Waals surface area contributed by atoms with E-state index in [9.17, 15) is 13.2 Å². The molecule has 0 aliphatic heterocycles. The number of hydrazone groups is 1. The van der Waals surface area contributed by atoms with Crippen molar-refractivity contribution in [2.24, 2.45) is 11.0 Å². The molecule has 0 heterocycles. The van der Waals surface area contributed by atoms with Gasteiger partial charge in [-0.05, 0) is 72.2 Å². The van der Waals surface area contributed by atoms with Gasteiger partial charge < -0.3 is 9.47 Å². The Morgan fingerprint density at radius 3 is 2.44 bits per heavy atom. The van der Waals surface area contributed by atoms with Crippen LogP contribution in [0.4, 0.5) is 0 Å². The second kappa shape index (κ2) is 11.6. The van der Waals surface area contributed by atoms with E-state index in [4.69, 9.17) is 9.47 Å². The highest BCUT2D eigenvalue weighted by molar-refractivity contribution is 14.1. The molecular formula is C22H28IN3O5S. The van der Waals surface area contributed by atoms with Gasteiger partial charge in [0, 0.05) is 0 Å². The Labute approximate surface area is 203 Å². The van der Waals surface area contributed by atoms with Crippen LogP contribution < -0.4 is 19.6 Å². The molecule has 10 heteroatoms. The zero-order chi connectivity index (χ0) is 23.9. The number of nitrogens with one attached hydrogen (secondary N) is 2. The summed E-state index contributed by atoms with van der Waals surface area (Å²) in [5.74, 6) is 0.344. The number of rotatable bonds is 10. The summed E-state index contributed by atoms with van der Waals surface area (Å²) >= 11 is 2.13. The van der Waals surface area contributed by atoms with E-state index in [0.717, 1.165) is 9.13 Å². The maximum atomic E-state index is 12.7. The van der Waals surface area contributed by atoms with E-state index in [1.54, 1.807) is 39.2 Å². The molecule has 0 radical (unpaired) electrons. The fourth-order valence-electron chi connectivity index (χ4n) is 2.78. The van der Waals surface area contributed by atoms with Crippen molar-refractivity contribution < 1.29 is 22.7 Å². The fourth-order valence-corrected chi connectivity index (χ4v) is 4.91. The number of nitrogens with zero attached hydrogens (tertiary/aromatic N) is 1. The minimum absolute atomic E-state index is 0.0982. The van der Waals surface area contributed by atoms with Crippen LogP contribution in [0.2, 0.25) is 0 Å². The van der Waals surface area contributed by atoms with Crippen molar-refractivity contribution in [1.29, 1.82) is 0 Å². The summed E-state index contributed by atoms with van der Waals surface area (Å²) in [4.78, 5) is 12.8. The van der Waals surface area contributed by atoms with E-state index in [1.165, 1.54) is 18.3 Å². The van der Waals surface area contributed by atoms with Crippen LogP contribution in [0.15, 0.2) is 46.4 Å². The van der Waals surface area contributed by atoms with Crippen LogP contribution in [0.5, 0.6) is 11.5 Å². The van der Waals surface area contributed by atoms with E-state index in [0.29, 0.717) is 23.7 Å². The molecule has 0 saturated carbocycles. The third-order valence-corrected chi connectivity index (χ3v) is 6.75. The highest BCUT2D eigenvalue weighted by Crippen LogP contribution is 2.33. The zero-order valence-electron chi connectivity index (χ0n) is 18.7. The lowest BCUT2D eigenvalue weighted by Crippen LogP contribution is -2.48. The molecule has 0 aliphatic carbocycles. The van der Waals surface area contributed by atoms with Gasteiger partial charge in [0.1, 0.15) is 6.04 Å². The summed E-state index contributed by atoms with van der Waals surface area (Å²) in [6, 6.07) is 9.00. The molecule has 0 unspecified atom stereocenters. The number of ether oxygens (including phenoxy) is 2. The van der Waals surface area contributed by atoms with Gasteiger partial charge in [-0.2, -0.15) is 9.82 Å². The van der Waals surface area contributed by atoms with E-state index < -0.39 is 22.0 Å². The first-order valence-electron chi connectivity index (χ1n) is 10.0. The SMILES string of the molecule is CCOc1c(I)cc(/C=N\NC(=O)[C@@H](NS(=O)(=O)c2ccc(C)cc2)C(C)C)cc1OC. The maximum Gasteiger partial charge on any atom is 0.258 e. The first-order chi connectivity index (χ1) is 15.1. The average Bonchev–Trinajstić information content (AvgIpc) is 2.73. The predicted molar refractivity (Wildman–Crippen MR) is 133 cm³/mol. The molecule has 0 spiro atoms. The number of methoxy groups -OCH3 is 1. The molecule has 174 valence electrons. The Morgan fingerprint density at radius 1 is 1.22 bits per heavy atom. The summed E-state index contributed by atoms with van der Waals surface area (Å²) in [6.45, 7) is 7.77. The van der Waals surface area contributed by atoms with Crippen molar-refractivity contribution in [2.45, 2.75) is 38.6 Å². The van der Waals surface area contributed by atoms with Gasteiger partial charge in [-0.3, -0.25) is 4.79 Å². The Kier molecular flexibility index (Phi) is 9.47. The summed E-state index contributed by atoms with van der Waals surface area (Å²) < 4.78 is 39.7. The molecule has 0 saturated heterocycles. The first kappa shape index (κ1) is 26.1. The van der Waals surface area contributed by atoms with Crippen molar-refractivity contribution in [3.63, 3.8) is 0 Å². The highest BCUT2D eigenvalue weighted by atomic mass is 127. The van der Waals surface area contributed by atoms with E-state index in [1.807, 2.05) is 19.9 Å². The Bertz CT molecular complexity index is 1070. The number of carbonyl (C=O) groups excluding carboxylic acids is 1. The fraction of sp³-hybridized carbons (Fsp3) is 0.364. The molecule has 0 aromatic heterocycles. The molecule has 0 aliphatic rings. The number of benzene rings is 2. The van der Waals surface area contributed by atoms with Crippen LogP contribution in [0, 0.1) is 16.4 Å². The number of hydrogen-bond donors (Lipinski definition) is 2. The van der Waals surface area contributed by atoms with Crippen molar-refractivity contribution in [3.05, 3.63) is 51.1 Å². The van der Waals surface area contributed by atoms with E-state index >= 15 is 0 Å². The highest BCUT2D eigenvalue weighted by Gasteiger charge is 2.28. The smallest absolute Gasteiger partial charge is 0.258 e. The monoisotopic (exact) mass is 573 g/mol. The van der Waals surface area contributed by atoms with Crippen LogP contribution in [0.1, 0.15) is 31.9 Å². The largest absolute Gasteiger partial charge is 0.493 e. The molecule has 2 rings (SSSR count). The number of halogens is 1. The second-order valence-electron chi connectivity index (χ2n) is 7.36. The number of aryl methyl sites for hydroxylation is 1. The van der Waals surface area contributed by atoms with Gasteiger partial charge in [0.2, 0.25) is 10.0 Å². The Morgan fingerprint density at radius 2 is 1.88 bits per heavy atom. The molecule has 2 N–H and O–H groups in total. The van der Waals surface area contributed by atoms with Gasteiger partial charge in [-0.15, -0.1) is 0 Å². The summed E-state index contributed by atoms with van der Waals surface area (Å²) in [7, 11) is -2.32. The maximum absolute atomic E-state index is 12.7. The van der Waals surface area contributed by atoms with Crippen molar-refractivity contribution in [2.75, 3.05) is 13.7 Å². The lowest BCUT2D eigenvalue weighted by molar-refractivity contribution is -0.123. The number of amides is 1. The lowest BCUT2D eigenvalue weighted by atomic mass is 10.1. The zero-order valence-corrected chi connectivity index (χ0v) is 21.7. The van der Waals surface area contributed by atoms with Crippen molar-refractivity contribution in [3.8, 4) is 11.5 Å². The minimum atomic E-state index is -3.86. The summed E-state index contributed by atoms with van der Waals surface area (Å²) in [5.41, 5.74) is 4.05. The Balaban J connectivity index is 2.14. The van der Waals surface area contributed by atoms with Crippen LogP contribution in [0.25, 0.3) is 0 Å². The molecule has 0 fully saturated rings. The topological polar surface area (TPSA) is 106 Å². The molecule has 8 nitrogen and oxygen atoms in total. The molecule has 1 atom stereocenters. The normalized spacial score (nSPS) is 12.7. The molecule has 32 heavy (non-hydrogen) atoms. The molecule has 1 amide bonds. The molecule has 2 aromatic rings. The number of sulfonamides is 1. The van der Waals surface area contributed by atoms with Crippen LogP contribution in [-0.4, -0.2) is 40.3 Å². The van der Waals surface area contributed by atoms with Gasteiger partial charge in [-0.1, -0.05) is 31.5 Å². The van der Waals surface area contributed by atoms with E-state index in [-0.39, 0.29) is 10.8 Å². The summed E-state index contributed by atoms with van der Waals surface area (Å²) in [6.07, 6.45) is 1.46. The van der Waals surface area contributed by atoms with Gasteiger partial charge in [0.25, 0.3) is 5.91 Å². The molecule has 0 bridgehead atoms. The van der Waals surface area contributed by atoms with Gasteiger partial charge in [-0.25, -0.2) is 13.8 Å². The predicted octanol–water partition coefficient (Wildman–Crippen LogP) is 3.46. The van der Waals surface area contributed by atoms with Crippen LogP contribution >= 0.6 is 22.6 Å². The first-order valence-corrected chi connectivity index (χ1v) is 12.6. The van der Waals surface area contributed by atoms with Crippen LogP contribution in [-0.2, 0) is 14.8 Å². The van der Waals surface area contributed by atoms with Crippen LogP contribution in [0.3, 0.4) is 0 Å². The van der Waals surface area contributed by atoms with Crippen molar-refractivity contribution in [1.82, 2.24) is 10.1 Å². The Hall–Kier alpha value is -2.18. The van der Waals surface area contributed by atoms with Gasteiger partial charge in [0.05, 0.1) is 28.4 Å².